The number of carboxylic acids is 1. The number of amides is 1. The van der Waals surface area contributed by atoms with E-state index in [1.807, 2.05) is 41.3 Å². The maximum atomic E-state index is 13.4. The summed E-state index contributed by atoms with van der Waals surface area (Å²) >= 11 is 0. The van der Waals surface area contributed by atoms with Gasteiger partial charge in [-0.2, -0.15) is 0 Å². The van der Waals surface area contributed by atoms with Crippen molar-refractivity contribution in [3.63, 3.8) is 0 Å². The Morgan fingerprint density at radius 3 is 2.64 bits per heavy atom. The molecule has 0 aliphatic carbocycles. The molecule has 3 atom stereocenters. The van der Waals surface area contributed by atoms with E-state index in [-0.39, 0.29) is 31.0 Å². The number of benzene rings is 2. The molecule has 8 heteroatoms. The van der Waals surface area contributed by atoms with Crippen LogP contribution < -0.4 is 10.5 Å². The number of carbonyl (C=O) groups is 2. The number of aliphatic hydroxyl groups excluding tert-OH is 1. The Balaban J connectivity index is 1.57. The standard InChI is InChI=1S/C31H43N3O5/c1-2-3-15-33(16-14-32)29(36)20-34-19-26(23-11-12-28-24(18-23)13-17-39-28)30(31(37)38)27(34)10-6-9-22-7-4-5-8-25(22)21-35/h4-5,7-8,11-12,18,26-27,30,35H,2-3,6,9-10,13-17,19-21,32H2,1H3,(H,37,38)/t26-,27+,30-/m1/s1. The summed E-state index contributed by atoms with van der Waals surface area (Å²) in [6.07, 6.45) is 4.90. The van der Waals surface area contributed by atoms with Crippen molar-refractivity contribution >= 4 is 11.9 Å². The summed E-state index contributed by atoms with van der Waals surface area (Å²) in [6, 6.07) is 13.6. The fourth-order valence-corrected chi connectivity index (χ4v) is 6.22. The quantitative estimate of drug-likeness (QED) is 0.339. The van der Waals surface area contributed by atoms with Crippen LogP contribution in [-0.2, 0) is 29.0 Å². The van der Waals surface area contributed by atoms with Gasteiger partial charge in [-0.25, -0.2) is 0 Å². The van der Waals surface area contributed by atoms with Gasteiger partial charge in [0.1, 0.15) is 5.75 Å². The molecule has 0 aromatic heterocycles. The number of carbonyl (C=O) groups excluding carboxylic acids is 1. The predicted molar refractivity (Wildman–Crippen MR) is 151 cm³/mol. The van der Waals surface area contributed by atoms with Crippen LogP contribution in [0.3, 0.4) is 0 Å². The van der Waals surface area contributed by atoms with E-state index in [4.69, 9.17) is 10.5 Å². The van der Waals surface area contributed by atoms with Crippen molar-refractivity contribution in [2.75, 3.05) is 39.3 Å². The highest BCUT2D eigenvalue weighted by Gasteiger charge is 2.47. The molecular formula is C31H43N3O5. The summed E-state index contributed by atoms with van der Waals surface area (Å²) in [5.41, 5.74) is 9.91. The van der Waals surface area contributed by atoms with Crippen LogP contribution in [0.15, 0.2) is 42.5 Å². The zero-order valence-electron chi connectivity index (χ0n) is 23.1. The summed E-state index contributed by atoms with van der Waals surface area (Å²) in [6.45, 7) is 5.02. The molecule has 0 radical (unpaired) electrons. The van der Waals surface area contributed by atoms with Crippen LogP contribution in [0.4, 0.5) is 0 Å². The van der Waals surface area contributed by atoms with Gasteiger partial charge in [-0.1, -0.05) is 49.7 Å². The minimum Gasteiger partial charge on any atom is -0.493 e. The van der Waals surface area contributed by atoms with Gasteiger partial charge in [0.15, 0.2) is 0 Å². The third-order valence-corrected chi connectivity index (χ3v) is 8.28. The number of aryl methyl sites for hydroxylation is 1. The number of hydrogen-bond acceptors (Lipinski definition) is 6. The molecule has 0 saturated carbocycles. The van der Waals surface area contributed by atoms with Gasteiger partial charge in [0.25, 0.3) is 0 Å². The number of aliphatic carboxylic acids is 1. The highest BCUT2D eigenvalue weighted by molar-refractivity contribution is 5.79. The number of unbranched alkanes of at least 4 members (excludes halogenated alkanes) is 1. The first-order valence-corrected chi connectivity index (χ1v) is 14.3. The van der Waals surface area contributed by atoms with Gasteiger partial charge in [-0.15, -0.1) is 0 Å². The van der Waals surface area contributed by atoms with Crippen LogP contribution in [0.5, 0.6) is 5.75 Å². The number of rotatable bonds is 14. The molecular weight excluding hydrogens is 494 g/mol. The Kier molecular flexibility index (Phi) is 10.4. The van der Waals surface area contributed by atoms with E-state index in [9.17, 15) is 19.8 Å². The minimum atomic E-state index is -0.822. The Morgan fingerprint density at radius 2 is 1.92 bits per heavy atom. The number of fused-ring (bicyclic) bond motifs is 1. The fraction of sp³-hybridized carbons (Fsp3) is 0.548. The third-order valence-electron chi connectivity index (χ3n) is 8.28. The van der Waals surface area contributed by atoms with Crippen molar-refractivity contribution in [2.45, 2.75) is 64.0 Å². The van der Waals surface area contributed by atoms with Crippen LogP contribution in [0.2, 0.25) is 0 Å². The van der Waals surface area contributed by atoms with Gasteiger partial charge >= 0.3 is 5.97 Å². The number of likely N-dealkylation sites (tertiary alicyclic amines) is 1. The lowest BCUT2D eigenvalue weighted by Crippen LogP contribution is -2.45. The van der Waals surface area contributed by atoms with Crippen LogP contribution in [0, 0.1) is 5.92 Å². The zero-order valence-corrected chi connectivity index (χ0v) is 23.1. The van der Waals surface area contributed by atoms with Gasteiger partial charge in [0.05, 0.1) is 25.7 Å². The lowest BCUT2D eigenvalue weighted by molar-refractivity contribution is -0.143. The van der Waals surface area contributed by atoms with E-state index in [1.165, 1.54) is 0 Å². The van der Waals surface area contributed by atoms with Crippen molar-refractivity contribution in [1.29, 1.82) is 0 Å². The Hall–Kier alpha value is -2.94. The van der Waals surface area contributed by atoms with E-state index in [0.717, 1.165) is 60.1 Å². The van der Waals surface area contributed by atoms with Crippen LogP contribution in [0.25, 0.3) is 0 Å². The SMILES string of the molecule is CCCCN(CCN)C(=O)CN1C[C@H](c2ccc3c(c2)CCO3)[C@@H](C(=O)O)[C@@H]1CCCc1ccccc1CO. The maximum absolute atomic E-state index is 13.4. The zero-order chi connectivity index (χ0) is 27.8. The molecule has 1 saturated heterocycles. The third kappa shape index (κ3) is 6.99. The second-order valence-electron chi connectivity index (χ2n) is 10.8. The molecule has 2 aliphatic heterocycles. The molecule has 212 valence electrons. The summed E-state index contributed by atoms with van der Waals surface area (Å²) in [5.74, 6) is -0.767. The Morgan fingerprint density at radius 1 is 1.13 bits per heavy atom. The lowest BCUT2D eigenvalue weighted by atomic mass is 9.83. The Bertz CT molecular complexity index is 1120. The second kappa shape index (κ2) is 13.9. The fourth-order valence-electron chi connectivity index (χ4n) is 6.22. The van der Waals surface area contributed by atoms with Gasteiger partial charge in [-0.3, -0.25) is 14.5 Å². The number of aliphatic hydroxyl groups is 1. The summed E-state index contributed by atoms with van der Waals surface area (Å²) in [5, 5.41) is 20.2. The Labute approximate surface area is 231 Å². The summed E-state index contributed by atoms with van der Waals surface area (Å²) < 4.78 is 5.68. The average Bonchev–Trinajstić information content (AvgIpc) is 3.55. The molecule has 2 aliphatic rings. The molecule has 1 amide bonds. The summed E-state index contributed by atoms with van der Waals surface area (Å²) in [4.78, 5) is 30.1. The average molecular weight is 538 g/mol. The first kappa shape index (κ1) is 29.1. The van der Waals surface area contributed by atoms with Crippen molar-refractivity contribution in [1.82, 2.24) is 9.80 Å². The van der Waals surface area contributed by atoms with Crippen molar-refractivity contribution < 1.29 is 24.5 Å². The summed E-state index contributed by atoms with van der Waals surface area (Å²) in [7, 11) is 0. The van der Waals surface area contributed by atoms with E-state index in [2.05, 4.69) is 17.9 Å². The molecule has 2 aromatic carbocycles. The van der Waals surface area contributed by atoms with Gasteiger partial charge in [0.2, 0.25) is 5.91 Å². The molecule has 4 rings (SSSR count). The molecule has 2 heterocycles. The van der Waals surface area contributed by atoms with Crippen molar-refractivity contribution in [2.24, 2.45) is 11.7 Å². The highest BCUT2D eigenvalue weighted by Crippen LogP contribution is 2.41. The molecule has 0 unspecified atom stereocenters. The number of nitrogens with two attached hydrogens (primary N) is 1. The molecule has 0 spiro atoms. The maximum Gasteiger partial charge on any atom is 0.308 e. The van der Waals surface area contributed by atoms with E-state index >= 15 is 0 Å². The van der Waals surface area contributed by atoms with Gasteiger partial charge < -0.3 is 25.6 Å². The molecule has 4 N–H and O–H groups in total. The minimum absolute atomic E-state index is 0.0108. The van der Waals surface area contributed by atoms with Crippen molar-refractivity contribution in [3.8, 4) is 5.75 Å². The number of carboxylic acid groups (broad SMARTS) is 1. The number of hydrogen-bond donors (Lipinski definition) is 3. The molecule has 0 bridgehead atoms. The van der Waals surface area contributed by atoms with Gasteiger partial charge in [0, 0.05) is 44.6 Å². The molecule has 8 nitrogen and oxygen atoms in total. The number of ether oxygens (including phenoxy) is 1. The van der Waals surface area contributed by atoms with E-state index in [1.54, 1.807) is 0 Å². The van der Waals surface area contributed by atoms with Crippen LogP contribution >= 0.6 is 0 Å². The van der Waals surface area contributed by atoms with Crippen LogP contribution in [0.1, 0.15) is 60.8 Å². The monoisotopic (exact) mass is 537 g/mol. The highest BCUT2D eigenvalue weighted by atomic mass is 16.5. The van der Waals surface area contributed by atoms with E-state index in [0.29, 0.717) is 39.2 Å². The smallest absolute Gasteiger partial charge is 0.308 e. The molecule has 39 heavy (non-hydrogen) atoms. The first-order chi connectivity index (χ1) is 19.0. The normalized spacial score (nSPS) is 20.5. The van der Waals surface area contributed by atoms with E-state index < -0.39 is 11.9 Å². The topological polar surface area (TPSA) is 116 Å². The molecule has 1 fully saturated rings. The first-order valence-electron chi connectivity index (χ1n) is 14.3. The largest absolute Gasteiger partial charge is 0.493 e. The second-order valence-corrected chi connectivity index (χ2v) is 10.8. The predicted octanol–water partition coefficient (Wildman–Crippen LogP) is 3.19. The van der Waals surface area contributed by atoms with Gasteiger partial charge in [-0.05, 0) is 54.0 Å². The van der Waals surface area contributed by atoms with Crippen molar-refractivity contribution in [3.05, 3.63) is 64.7 Å². The van der Waals surface area contributed by atoms with Crippen LogP contribution in [-0.4, -0.2) is 77.3 Å². The lowest BCUT2D eigenvalue weighted by Gasteiger charge is -2.29. The number of nitrogens with zero attached hydrogens (tertiary/aromatic N) is 2. The molecule has 2 aromatic rings.